The molecule has 0 bridgehead atoms. The molecule has 18 heavy (non-hydrogen) atoms. The minimum atomic E-state index is -0.335. The second-order valence-corrected chi connectivity index (χ2v) is 4.88. The summed E-state index contributed by atoms with van der Waals surface area (Å²) in [5.41, 5.74) is 0. The number of likely N-dealkylation sites (N-methyl/N-ethyl adjacent to an activating group) is 1. The van der Waals surface area contributed by atoms with E-state index >= 15 is 0 Å². The highest BCUT2D eigenvalue weighted by Gasteiger charge is 2.19. The Bertz CT molecular complexity index is 390. The van der Waals surface area contributed by atoms with Gasteiger partial charge in [0.2, 0.25) is 0 Å². The summed E-state index contributed by atoms with van der Waals surface area (Å²) in [6, 6.07) is 3.22. The smallest absolute Gasteiger partial charge is 0.323 e. The number of carbonyl (C=O) groups excluding carboxylic acids is 1. The van der Waals surface area contributed by atoms with E-state index in [1.54, 1.807) is 25.3 Å². The van der Waals surface area contributed by atoms with Gasteiger partial charge in [-0.1, -0.05) is 18.5 Å². The Morgan fingerprint density at radius 1 is 1.61 bits per heavy atom. The number of hydrogen-bond acceptors (Lipinski definition) is 5. The van der Waals surface area contributed by atoms with Crippen LogP contribution in [0.5, 0.6) is 0 Å². The third kappa shape index (κ3) is 4.84. The summed E-state index contributed by atoms with van der Waals surface area (Å²) in [5, 5.41) is 4.42. The first-order valence-corrected chi connectivity index (χ1v) is 7.18. The topological polar surface area (TPSA) is 51.2 Å². The standard InChI is InChI=1S/C12H17ClN2O2S/c1-3-14-10(12(16)17-4-2)8-18-11-9(13)6-5-7-15-11/h5-7,10,14H,3-4,8H2,1-2H3. The van der Waals surface area contributed by atoms with Crippen molar-refractivity contribution in [2.75, 3.05) is 18.9 Å². The Balaban J connectivity index is 2.57. The lowest BCUT2D eigenvalue weighted by atomic mass is 10.3. The molecular formula is C12H17ClN2O2S. The summed E-state index contributed by atoms with van der Waals surface area (Å²) in [7, 11) is 0. The maximum atomic E-state index is 11.7. The van der Waals surface area contributed by atoms with Crippen molar-refractivity contribution >= 4 is 29.3 Å². The lowest BCUT2D eigenvalue weighted by Crippen LogP contribution is -2.40. The number of halogens is 1. The molecule has 0 saturated heterocycles. The van der Waals surface area contributed by atoms with E-state index in [4.69, 9.17) is 16.3 Å². The Labute approximate surface area is 116 Å². The molecule has 1 aromatic heterocycles. The van der Waals surface area contributed by atoms with Crippen LogP contribution in [0.15, 0.2) is 23.4 Å². The van der Waals surface area contributed by atoms with Crippen molar-refractivity contribution in [3.63, 3.8) is 0 Å². The van der Waals surface area contributed by atoms with Crippen molar-refractivity contribution in [2.45, 2.75) is 24.9 Å². The first-order valence-electron chi connectivity index (χ1n) is 5.82. The van der Waals surface area contributed by atoms with Crippen molar-refractivity contribution < 1.29 is 9.53 Å². The molecule has 1 aromatic rings. The number of pyridine rings is 1. The summed E-state index contributed by atoms with van der Waals surface area (Å²) in [4.78, 5) is 15.9. The Kier molecular flexibility index (Phi) is 7.08. The molecule has 0 aromatic carbocycles. The number of nitrogens with zero attached hydrogens (tertiary/aromatic N) is 1. The summed E-state index contributed by atoms with van der Waals surface area (Å²) < 4.78 is 5.01. The van der Waals surface area contributed by atoms with Crippen LogP contribution in [0.3, 0.4) is 0 Å². The number of esters is 1. The second kappa shape index (κ2) is 8.34. The first kappa shape index (κ1) is 15.3. The zero-order chi connectivity index (χ0) is 13.4. The first-order chi connectivity index (χ1) is 8.69. The van der Waals surface area contributed by atoms with Crippen molar-refractivity contribution in [1.82, 2.24) is 10.3 Å². The third-order valence-corrected chi connectivity index (χ3v) is 3.65. The van der Waals surface area contributed by atoms with E-state index in [1.807, 2.05) is 6.92 Å². The van der Waals surface area contributed by atoms with Crippen molar-refractivity contribution in [3.05, 3.63) is 23.4 Å². The second-order valence-electron chi connectivity index (χ2n) is 3.46. The fourth-order valence-electron chi connectivity index (χ4n) is 1.34. The van der Waals surface area contributed by atoms with E-state index in [-0.39, 0.29) is 12.0 Å². The molecule has 0 aliphatic heterocycles. The number of thioether (sulfide) groups is 1. The van der Waals surface area contributed by atoms with Gasteiger partial charge in [0, 0.05) is 11.9 Å². The van der Waals surface area contributed by atoms with E-state index in [1.165, 1.54) is 11.8 Å². The number of aromatic nitrogens is 1. The van der Waals surface area contributed by atoms with Crippen LogP contribution in [0, 0.1) is 0 Å². The molecule has 0 spiro atoms. The summed E-state index contributed by atoms with van der Waals surface area (Å²) in [6.45, 7) is 4.84. The molecule has 1 rings (SSSR count). The highest BCUT2D eigenvalue weighted by molar-refractivity contribution is 7.99. The van der Waals surface area contributed by atoms with E-state index in [9.17, 15) is 4.79 Å². The molecule has 1 atom stereocenters. The summed E-state index contributed by atoms with van der Waals surface area (Å²) in [6.07, 6.45) is 1.68. The maximum Gasteiger partial charge on any atom is 0.323 e. The Hall–Kier alpha value is -0.780. The van der Waals surface area contributed by atoms with Crippen LogP contribution in [-0.4, -0.2) is 35.9 Å². The number of nitrogens with one attached hydrogen (secondary N) is 1. The highest BCUT2D eigenvalue weighted by atomic mass is 35.5. The van der Waals surface area contributed by atoms with Gasteiger partial charge >= 0.3 is 5.97 Å². The lowest BCUT2D eigenvalue weighted by Gasteiger charge is -2.15. The van der Waals surface area contributed by atoms with Crippen LogP contribution < -0.4 is 5.32 Å². The normalized spacial score (nSPS) is 12.2. The van der Waals surface area contributed by atoms with E-state index < -0.39 is 0 Å². The molecule has 6 heteroatoms. The molecule has 4 nitrogen and oxygen atoms in total. The molecule has 100 valence electrons. The molecule has 1 heterocycles. The van der Waals surface area contributed by atoms with Gasteiger partial charge in [-0.3, -0.25) is 4.79 Å². The van der Waals surface area contributed by atoms with Gasteiger partial charge in [0.1, 0.15) is 11.1 Å². The third-order valence-electron chi connectivity index (χ3n) is 2.13. The van der Waals surface area contributed by atoms with Gasteiger partial charge in [-0.2, -0.15) is 0 Å². The molecule has 0 aliphatic rings. The predicted octanol–water partition coefficient (Wildman–Crippen LogP) is 2.37. The van der Waals surface area contributed by atoms with Gasteiger partial charge in [-0.25, -0.2) is 4.98 Å². The molecule has 0 radical (unpaired) electrons. The molecule has 0 fully saturated rings. The Morgan fingerprint density at radius 3 is 3.00 bits per heavy atom. The predicted molar refractivity (Wildman–Crippen MR) is 74.1 cm³/mol. The summed E-state index contributed by atoms with van der Waals surface area (Å²) in [5.74, 6) is 0.308. The highest BCUT2D eigenvalue weighted by Crippen LogP contribution is 2.24. The maximum absolute atomic E-state index is 11.7. The summed E-state index contributed by atoms with van der Waals surface area (Å²) >= 11 is 7.45. The zero-order valence-electron chi connectivity index (χ0n) is 10.5. The van der Waals surface area contributed by atoms with E-state index in [0.29, 0.717) is 23.9 Å². The molecule has 0 saturated carbocycles. The number of ether oxygens (including phenoxy) is 1. The van der Waals surface area contributed by atoms with E-state index in [2.05, 4.69) is 10.3 Å². The quantitative estimate of drug-likeness (QED) is 0.617. The molecule has 0 aliphatic carbocycles. The van der Waals surface area contributed by atoms with E-state index in [0.717, 1.165) is 5.03 Å². The van der Waals surface area contributed by atoms with Crippen LogP contribution in [0.1, 0.15) is 13.8 Å². The molecule has 1 unspecified atom stereocenters. The van der Waals surface area contributed by atoms with Gasteiger partial charge in [-0.05, 0) is 25.6 Å². The Morgan fingerprint density at radius 2 is 2.39 bits per heavy atom. The molecule has 0 amide bonds. The molecule has 1 N–H and O–H groups in total. The van der Waals surface area contributed by atoms with Gasteiger partial charge in [0.05, 0.1) is 11.6 Å². The largest absolute Gasteiger partial charge is 0.465 e. The number of hydrogen-bond donors (Lipinski definition) is 1. The van der Waals surface area contributed by atoms with Crippen molar-refractivity contribution in [1.29, 1.82) is 0 Å². The van der Waals surface area contributed by atoms with Gasteiger partial charge < -0.3 is 10.1 Å². The minimum absolute atomic E-state index is 0.237. The lowest BCUT2D eigenvalue weighted by molar-refractivity contribution is -0.144. The van der Waals surface area contributed by atoms with Crippen molar-refractivity contribution in [3.8, 4) is 0 Å². The van der Waals surface area contributed by atoms with Gasteiger partial charge in [-0.15, -0.1) is 11.8 Å². The van der Waals surface area contributed by atoms with Crippen LogP contribution in [-0.2, 0) is 9.53 Å². The van der Waals surface area contributed by atoms with Crippen LogP contribution in [0.2, 0.25) is 5.02 Å². The van der Waals surface area contributed by atoms with Gasteiger partial charge in [0.15, 0.2) is 0 Å². The number of carbonyl (C=O) groups is 1. The van der Waals surface area contributed by atoms with Crippen LogP contribution in [0.4, 0.5) is 0 Å². The van der Waals surface area contributed by atoms with Gasteiger partial charge in [0.25, 0.3) is 0 Å². The number of rotatable bonds is 7. The minimum Gasteiger partial charge on any atom is -0.465 e. The zero-order valence-corrected chi connectivity index (χ0v) is 12.1. The average Bonchev–Trinajstić information content (AvgIpc) is 2.36. The van der Waals surface area contributed by atoms with Crippen LogP contribution >= 0.6 is 23.4 Å². The SMILES string of the molecule is CCNC(CSc1ncccc1Cl)C(=O)OCC. The van der Waals surface area contributed by atoms with Crippen LogP contribution in [0.25, 0.3) is 0 Å². The monoisotopic (exact) mass is 288 g/mol. The molecular weight excluding hydrogens is 272 g/mol. The fraction of sp³-hybridized carbons (Fsp3) is 0.500. The average molecular weight is 289 g/mol. The van der Waals surface area contributed by atoms with Crippen molar-refractivity contribution in [2.24, 2.45) is 0 Å². The fourth-order valence-corrected chi connectivity index (χ4v) is 2.54.